The SMILES string of the molecule is O=C(NN=Cc1cc(N=Nc2cccc(Br)c2)ccc1O)C(O)c1ccccc1. The fourth-order valence-electron chi connectivity index (χ4n) is 2.37. The molecule has 0 spiro atoms. The van der Waals surface area contributed by atoms with Gasteiger partial charge in [0.15, 0.2) is 6.10 Å². The Morgan fingerprint density at radius 3 is 2.41 bits per heavy atom. The van der Waals surface area contributed by atoms with Gasteiger partial charge in [0.05, 0.1) is 17.6 Å². The highest BCUT2D eigenvalue weighted by atomic mass is 79.9. The quantitative estimate of drug-likeness (QED) is 0.285. The molecule has 0 aliphatic carbocycles. The second kappa shape index (κ2) is 9.72. The lowest BCUT2D eigenvalue weighted by molar-refractivity contribution is -0.129. The first-order chi connectivity index (χ1) is 14.0. The molecular formula is C21H17BrN4O3. The van der Waals surface area contributed by atoms with Crippen LogP contribution >= 0.6 is 15.9 Å². The highest BCUT2D eigenvalue weighted by molar-refractivity contribution is 9.10. The maximum atomic E-state index is 12.0. The van der Waals surface area contributed by atoms with Gasteiger partial charge in [-0.15, -0.1) is 0 Å². The zero-order chi connectivity index (χ0) is 20.6. The van der Waals surface area contributed by atoms with Gasteiger partial charge >= 0.3 is 0 Å². The number of phenolic OH excluding ortho intramolecular Hbond substituents is 1. The van der Waals surface area contributed by atoms with Crippen molar-refractivity contribution in [1.82, 2.24) is 5.43 Å². The summed E-state index contributed by atoms with van der Waals surface area (Å²) in [5.41, 5.74) is 4.22. The Hall–Kier alpha value is -3.36. The van der Waals surface area contributed by atoms with Crippen molar-refractivity contribution >= 4 is 39.4 Å². The minimum atomic E-state index is -1.34. The van der Waals surface area contributed by atoms with Crippen LogP contribution < -0.4 is 5.43 Å². The van der Waals surface area contributed by atoms with E-state index < -0.39 is 12.0 Å². The normalized spacial score (nSPS) is 12.3. The van der Waals surface area contributed by atoms with Crippen LogP contribution in [0.15, 0.2) is 92.6 Å². The number of aliphatic hydroxyl groups excluding tert-OH is 1. The van der Waals surface area contributed by atoms with Crippen molar-refractivity contribution in [2.24, 2.45) is 15.3 Å². The number of halogens is 1. The van der Waals surface area contributed by atoms with Crippen molar-refractivity contribution in [3.05, 3.63) is 88.4 Å². The van der Waals surface area contributed by atoms with E-state index in [1.807, 2.05) is 24.3 Å². The molecule has 0 heterocycles. The van der Waals surface area contributed by atoms with Gasteiger partial charge in [0.25, 0.3) is 5.91 Å². The molecule has 3 rings (SSSR count). The van der Waals surface area contributed by atoms with Crippen LogP contribution in [0.5, 0.6) is 5.75 Å². The number of benzene rings is 3. The molecule has 0 saturated heterocycles. The number of azo groups is 1. The van der Waals surface area contributed by atoms with E-state index in [2.05, 4.69) is 36.7 Å². The summed E-state index contributed by atoms with van der Waals surface area (Å²) < 4.78 is 0.890. The van der Waals surface area contributed by atoms with Gasteiger partial charge in [-0.25, -0.2) is 5.43 Å². The summed E-state index contributed by atoms with van der Waals surface area (Å²) in [4.78, 5) is 12.0. The van der Waals surface area contributed by atoms with E-state index in [0.717, 1.165) is 4.47 Å². The average Bonchev–Trinajstić information content (AvgIpc) is 2.74. The summed E-state index contributed by atoms with van der Waals surface area (Å²) in [6.45, 7) is 0. The van der Waals surface area contributed by atoms with Crippen molar-refractivity contribution in [3.8, 4) is 5.75 Å². The summed E-state index contributed by atoms with van der Waals surface area (Å²) in [6, 6.07) is 20.5. The molecule has 0 fully saturated rings. The van der Waals surface area contributed by atoms with Crippen LogP contribution in [0.3, 0.4) is 0 Å². The van der Waals surface area contributed by atoms with Crippen molar-refractivity contribution in [3.63, 3.8) is 0 Å². The molecule has 0 aromatic heterocycles. The first kappa shape index (κ1) is 20.4. The molecule has 3 aromatic rings. The number of nitrogens with one attached hydrogen (secondary N) is 1. The Bertz CT molecular complexity index is 1050. The van der Waals surface area contributed by atoms with Gasteiger partial charge in [0.2, 0.25) is 0 Å². The molecule has 146 valence electrons. The number of hydrogen-bond acceptors (Lipinski definition) is 6. The standard InChI is InChI=1S/C21H17BrN4O3/c22-16-7-4-8-17(12-16)24-25-18-9-10-19(27)15(11-18)13-23-26-21(29)20(28)14-5-2-1-3-6-14/h1-13,20,27-28H,(H,26,29). The highest BCUT2D eigenvalue weighted by Crippen LogP contribution is 2.25. The maximum Gasteiger partial charge on any atom is 0.273 e. The van der Waals surface area contributed by atoms with Crippen molar-refractivity contribution in [2.45, 2.75) is 6.10 Å². The van der Waals surface area contributed by atoms with Gasteiger partial charge in [-0.2, -0.15) is 15.3 Å². The molecule has 7 nitrogen and oxygen atoms in total. The van der Waals surface area contributed by atoms with Crippen LogP contribution in [0.2, 0.25) is 0 Å². The molecule has 29 heavy (non-hydrogen) atoms. The van der Waals surface area contributed by atoms with Crippen LogP contribution in [-0.2, 0) is 4.79 Å². The van der Waals surface area contributed by atoms with Crippen molar-refractivity contribution in [2.75, 3.05) is 0 Å². The van der Waals surface area contributed by atoms with E-state index in [1.54, 1.807) is 42.5 Å². The maximum absolute atomic E-state index is 12.0. The third kappa shape index (κ3) is 5.81. The van der Waals surface area contributed by atoms with Gasteiger partial charge in [-0.1, -0.05) is 52.3 Å². The van der Waals surface area contributed by atoms with Crippen LogP contribution in [0.1, 0.15) is 17.2 Å². The molecular weight excluding hydrogens is 436 g/mol. The van der Waals surface area contributed by atoms with Gasteiger partial charge in [0.1, 0.15) is 5.75 Å². The third-order valence-electron chi connectivity index (χ3n) is 3.84. The predicted octanol–water partition coefficient (Wildman–Crippen LogP) is 4.75. The predicted molar refractivity (Wildman–Crippen MR) is 114 cm³/mol. The van der Waals surface area contributed by atoms with Crippen LogP contribution in [0, 0.1) is 0 Å². The molecule has 8 heteroatoms. The number of phenols is 1. The minimum Gasteiger partial charge on any atom is -0.507 e. The van der Waals surface area contributed by atoms with E-state index in [1.165, 1.54) is 12.3 Å². The van der Waals surface area contributed by atoms with E-state index in [9.17, 15) is 15.0 Å². The first-order valence-corrected chi connectivity index (χ1v) is 9.38. The van der Waals surface area contributed by atoms with Gasteiger partial charge in [-0.05, 0) is 42.0 Å². The molecule has 0 aliphatic rings. The number of amides is 1. The number of carbonyl (C=O) groups excluding carboxylic acids is 1. The zero-order valence-corrected chi connectivity index (χ0v) is 16.7. The molecule has 0 bridgehead atoms. The number of nitrogens with zero attached hydrogens (tertiary/aromatic N) is 3. The van der Waals surface area contributed by atoms with Gasteiger partial charge in [-0.3, -0.25) is 4.79 Å². The van der Waals surface area contributed by atoms with Crippen molar-refractivity contribution in [1.29, 1.82) is 0 Å². The first-order valence-electron chi connectivity index (χ1n) is 8.59. The molecule has 0 aliphatic heterocycles. The van der Waals surface area contributed by atoms with Crippen LogP contribution in [0.4, 0.5) is 11.4 Å². The zero-order valence-electron chi connectivity index (χ0n) is 15.1. The number of hydrogen-bond donors (Lipinski definition) is 3. The lowest BCUT2D eigenvalue weighted by Gasteiger charge is -2.08. The smallest absolute Gasteiger partial charge is 0.273 e. The molecule has 1 unspecified atom stereocenters. The third-order valence-corrected chi connectivity index (χ3v) is 4.34. The Morgan fingerprint density at radius 1 is 0.966 bits per heavy atom. The van der Waals surface area contributed by atoms with Crippen LogP contribution in [-0.4, -0.2) is 22.3 Å². The van der Waals surface area contributed by atoms with Gasteiger partial charge in [0, 0.05) is 10.0 Å². The summed E-state index contributed by atoms with van der Waals surface area (Å²) in [5.74, 6) is -0.717. The van der Waals surface area contributed by atoms with E-state index in [-0.39, 0.29) is 5.75 Å². The monoisotopic (exact) mass is 452 g/mol. The Balaban J connectivity index is 1.67. The summed E-state index contributed by atoms with van der Waals surface area (Å²) >= 11 is 3.37. The number of aromatic hydroxyl groups is 1. The van der Waals surface area contributed by atoms with E-state index >= 15 is 0 Å². The van der Waals surface area contributed by atoms with E-state index in [4.69, 9.17) is 0 Å². The summed E-state index contributed by atoms with van der Waals surface area (Å²) in [7, 11) is 0. The fourth-order valence-corrected chi connectivity index (χ4v) is 2.76. The summed E-state index contributed by atoms with van der Waals surface area (Å²) in [5, 5.41) is 32.1. The number of carbonyl (C=O) groups is 1. The molecule has 1 atom stereocenters. The Labute approximate surface area is 175 Å². The number of rotatable bonds is 6. The van der Waals surface area contributed by atoms with Gasteiger partial charge < -0.3 is 10.2 Å². The largest absolute Gasteiger partial charge is 0.507 e. The molecule has 0 saturated carbocycles. The molecule has 3 N–H and O–H groups in total. The minimum absolute atomic E-state index is 0.0342. The summed E-state index contributed by atoms with van der Waals surface area (Å²) in [6.07, 6.45) is -0.0735. The Morgan fingerprint density at radius 2 is 1.69 bits per heavy atom. The topological polar surface area (TPSA) is 107 Å². The fraction of sp³-hybridized carbons (Fsp3) is 0.0476. The van der Waals surface area contributed by atoms with Crippen LogP contribution in [0.25, 0.3) is 0 Å². The average molecular weight is 453 g/mol. The molecule has 0 radical (unpaired) electrons. The second-order valence-electron chi connectivity index (χ2n) is 5.97. The molecule has 1 amide bonds. The van der Waals surface area contributed by atoms with E-state index in [0.29, 0.717) is 22.5 Å². The molecule has 3 aromatic carbocycles. The second-order valence-corrected chi connectivity index (χ2v) is 6.89. The number of hydrazone groups is 1. The number of aliphatic hydroxyl groups is 1. The Kier molecular flexibility index (Phi) is 6.83. The highest BCUT2D eigenvalue weighted by Gasteiger charge is 2.16. The van der Waals surface area contributed by atoms with Crippen molar-refractivity contribution < 1.29 is 15.0 Å². The lowest BCUT2D eigenvalue weighted by Crippen LogP contribution is -2.25. The lowest BCUT2D eigenvalue weighted by atomic mass is 10.1.